The van der Waals surface area contributed by atoms with Crippen molar-refractivity contribution in [2.24, 2.45) is 0 Å². The van der Waals surface area contributed by atoms with Crippen LogP contribution in [0.15, 0.2) is 0 Å². The van der Waals surface area contributed by atoms with Crippen molar-refractivity contribution in [1.82, 2.24) is 4.90 Å². The number of aliphatic hydroxyl groups is 1. The Labute approximate surface area is 61.6 Å². The smallest absolute Gasteiger partial charge is 0.0990 e. The first kappa shape index (κ1) is 7.98. The molecule has 0 aromatic carbocycles. The lowest BCUT2D eigenvalue weighted by Gasteiger charge is -2.16. The molecule has 0 aromatic rings. The number of hydrogen-bond acceptors (Lipinski definition) is 3. The molecule has 0 bridgehead atoms. The molecule has 0 aromatic heterocycles. The molecule has 1 fully saturated rings. The molecule has 0 radical (unpaired) electrons. The average Bonchev–Trinajstić information content (AvgIpc) is 2.17. The van der Waals surface area contributed by atoms with Gasteiger partial charge in [0, 0.05) is 19.7 Å². The minimum Gasteiger partial charge on any atom is -0.395 e. The SMILES string of the molecule is OCCN1CCCCOC1. The third kappa shape index (κ3) is 2.64. The number of rotatable bonds is 2. The highest BCUT2D eigenvalue weighted by molar-refractivity contribution is 4.55. The lowest BCUT2D eigenvalue weighted by Crippen LogP contribution is -2.28. The van der Waals surface area contributed by atoms with Crippen molar-refractivity contribution in [3.63, 3.8) is 0 Å². The summed E-state index contributed by atoms with van der Waals surface area (Å²) >= 11 is 0. The van der Waals surface area contributed by atoms with Crippen LogP contribution in [0.5, 0.6) is 0 Å². The van der Waals surface area contributed by atoms with E-state index in [1.807, 2.05) is 0 Å². The van der Waals surface area contributed by atoms with Crippen molar-refractivity contribution in [3.05, 3.63) is 0 Å². The summed E-state index contributed by atoms with van der Waals surface area (Å²) in [4.78, 5) is 2.13. The fourth-order valence-corrected chi connectivity index (χ4v) is 1.12. The van der Waals surface area contributed by atoms with Gasteiger partial charge in [-0.05, 0) is 12.8 Å². The van der Waals surface area contributed by atoms with Gasteiger partial charge in [0.05, 0.1) is 13.3 Å². The Hall–Kier alpha value is -0.120. The molecular weight excluding hydrogens is 130 g/mol. The van der Waals surface area contributed by atoms with E-state index in [-0.39, 0.29) is 6.61 Å². The van der Waals surface area contributed by atoms with Gasteiger partial charge in [-0.1, -0.05) is 0 Å². The van der Waals surface area contributed by atoms with Crippen LogP contribution in [0, 0.1) is 0 Å². The fraction of sp³-hybridized carbons (Fsp3) is 1.00. The largest absolute Gasteiger partial charge is 0.395 e. The zero-order valence-electron chi connectivity index (χ0n) is 6.25. The number of nitrogens with zero attached hydrogens (tertiary/aromatic N) is 1. The second-order valence-corrected chi connectivity index (χ2v) is 2.59. The summed E-state index contributed by atoms with van der Waals surface area (Å²) in [5.41, 5.74) is 0. The van der Waals surface area contributed by atoms with Crippen LogP contribution in [-0.4, -0.2) is 43.0 Å². The van der Waals surface area contributed by atoms with Gasteiger partial charge in [0.25, 0.3) is 0 Å². The van der Waals surface area contributed by atoms with E-state index in [2.05, 4.69) is 4.90 Å². The summed E-state index contributed by atoms with van der Waals surface area (Å²) in [6.07, 6.45) is 2.35. The second-order valence-electron chi connectivity index (χ2n) is 2.59. The molecule has 0 spiro atoms. The minimum absolute atomic E-state index is 0.239. The van der Waals surface area contributed by atoms with Gasteiger partial charge < -0.3 is 9.84 Å². The molecule has 0 amide bonds. The van der Waals surface area contributed by atoms with E-state index in [9.17, 15) is 0 Å². The second kappa shape index (κ2) is 4.66. The van der Waals surface area contributed by atoms with E-state index in [1.165, 1.54) is 6.42 Å². The first-order valence-corrected chi connectivity index (χ1v) is 3.84. The van der Waals surface area contributed by atoms with Gasteiger partial charge in [-0.15, -0.1) is 0 Å². The highest BCUT2D eigenvalue weighted by atomic mass is 16.5. The van der Waals surface area contributed by atoms with Crippen LogP contribution < -0.4 is 0 Å². The molecule has 0 saturated carbocycles. The quantitative estimate of drug-likeness (QED) is 0.596. The van der Waals surface area contributed by atoms with Gasteiger partial charge in [0.15, 0.2) is 0 Å². The first-order valence-electron chi connectivity index (χ1n) is 3.84. The van der Waals surface area contributed by atoms with Crippen LogP contribution in [0.25, 0.3) is 0 Å². The van der Waals surface area contributed by atoms with E-state index >= 15 is 0 Å². The van der Waals surface area contributed by atoms with E-state index in [1.54, 1.807) is 0 Å². The normalized spacial score (nSPS) is 22.5. The lowest BCUT2D eigenvalue weighted by atomic mass is 10.3. The molecule has 1 rings (SSSR count). The molecule has 0 unspecified atom stereocenters. The van der Waals surface area contributed by atoms with E-state index in [0.29, 0.717) is 6.73 Å². The van der Waals surface area contributed by atoms with Crippen molar-refractivity contribution in [3.8, 4) is 0 Å². The van der Waals surface area contributed by atoms with Gasteiger partial charge in [-0.3, -0.25) is 4.90 Å². The summed E-state index contributed by atoms with van der Waals surface area (Å²) in [6, 6.07) is 0. The predicted molar refractivity (Wildman–Crippen MR) is 38.7 cm³/mol. The first-order chi connectivity index (χ1) is 4.93. The van der Waals surface area contributed by atoms with Crippen molar-refractivity contribution in [2.75, 3.05) is 33.0 Å². The Morgan fingerprint density at radius 2 is 2.30 bits per heavy atom. The third-order valence-corrected chi connectivity index (χ3v) is 1.70. The Morgan fingerprint density at radius 3 is 3.10 bits per heavy atom. The molecule has 1 heterocycles. The predicted octanol–water partition coefficient (Wildman–Crippen LogP) is 0.0486. The summed E-state index contributed by atoms with van der Waals surface area (Å²) < 4.78 is 5.27. The van der Waals surface area contributed by atoms with Crippen LogP contribution in [-0.2, 0) is 4.74 Å². The van der Waals surface area contributed by atoms with Crippen molar-refractivity contribution < 1.29 is 9.84 Å². The van der Waals surface area contributed by atoms with E-state index in [0.717, 1.165) is 26.1 Å². The van der Waals surface area contributed by atoms with E-state index in [4.69, 9.17) is 9.84 Å². The molecule has 60 valence electrons. The lowest BCUT2D eigenvalue weighted by molar-refractivity contribution is 0.0408. The number of β-amino-alcohol motifs (C(OH)–C–C–N with tert-alkyl or cyclic N) is 1. The number of ether oxygens (including phenoxy) is 1. The molecule has 1 aliphatic heterocycles. The molecule has 3 heteroatoms. The van der Waals surface area contributed by atoms with Crippen LogP contribution >= 0.6 is 0 Å². The van der Waals surface area contributed by atoms with Crippen LogP contribution in [0.1, 0.15) is 12.8 Å². The van der Waals surface area contributed by atoms with Gasteiger partial charge in [0.1, 0.15) is 0 Å². The van der Waals surface area contributed by atoms with Gasteiger partial charge >= 0.3 is 0 Å². The Bertz CT molecular complexity index is 79.7. The molecule has 1 saturated heterocycles. The Morgan fingerprint density at radius 1 is 1.40 bits per heavy atom. The zero-order valence-corrected chi connectivity index (χ0v) is 6.25. The van der Waals surface area contributed by atoms with Gasteiger partial charge in [-0.25, -0.2) is 0 Å². The third-order valence-electron chi connectivity index (χ3n) is 1.70. The summed E-state index contributed by atoms with van der Waals surface area (Å²) in [7, 11) is 0. The van der Waals surface area contributed by atoms with Crippen molar-refractivity contribution in [1.29, 1.82) is 0 Å². The maximum absolute atomic E-state index is 8.61. The summed E-state index contributed by atoms with van der Waals surface area (Å²) in [6.45, 7) is 3.63. The molecule has 10 heavy (non-hydrogen) atoms. The number of aliphatic hydroxyl groups excluding tert-OH is 1. The Kier molecular flexibility index (Phi) is 3.72. The maximum atomic E-state index is 8.61. The topological polar surface area (TPSA) is 32.7 Å². The molecule has 1 aliphatic rings. The standard InChI is InChI=1S/C7H15NO2/c9-5-4-8-3-1-2-6-10-7-8/h9H,1-7H2. The maximum Gasteiger partial charge on any atom is 0.0990 e. The fourth-order valence-electron chi connectivity index (χ4n) is 1.12. The Balaban J connectivity index is 2.15. The van der Waals surface area contributed by atoms with Crippen LogP contribution in [0.2, 0.25) is 0 Å². The molecular formula is C7H15NO2. The zero-order chi connectivity index (χ0) is 7.23. The highest BCUT2D eigenvalue weighted by Gasteiger charge is 2.06. The van der Waals surface area contributed by atoms with E-state index < -0.39 is 0 Å². The number of hydrogen-bond donors (Lipinski definition) is 1. The van der Waals surface area contributed by atoms with Crippen LogP contribution in [0.3, 0.4) is 0 Å². The monoisotopic (exact) mass is 145 g/mol. The molecule has 0 atom stereocenters. The van der Waals surface area contributed by atoms with Crippen molar-refractivity contribution >= 4 is 0 Å². The minimum atomic E-state index is 0.239. The average molecular weight is 145 g/mol. The van der Waals surface area contributed by atoms with Crippen LogP contribution in [0.4, 0.5) is 0 Å². The molecule has 1 N–H and O–H groups in total. The molecule has 0 aliphatic carbocycles. The molecule has 3 nitrogen and oxygen atoms in total. The van der Waals surface area contributed by atoms with Gasteiger partial charge in [-0.2, -0.15) is 0 Å². The summed E-state index contributed by atoms with van der Waals surface area (Å²) in [5.74, 6) is 0. The van der Waals surface area contributed by atoms with Crippen molar-refractivity contribution in [2.45, 2.75) is 12.8 Å². The highest BCUT2D eigenvalue weighted by Crippen LogP contribution is 2.01. The summed E-state index contributed by atoms with van der Waals surface area (Å²) in [5, 5.41) is 8.61. The van der Waals surface area contributed by atoms with Gasteiger partial charge in [0.2, 0.25) is 0 Å².